The van der Waals surface area contributed by atoms with Crippen LogP contribution in [0.3, 0.4) is 0 Å². The van der Waals surface area contributed by atoms with Crippen LogP contribution in [-0.4, -0.2) is 152 Å². The fraction of sp³-hybridized carbons (Fsp3) is 0.615. The van der Waals surface area contributed by atoms with Crippen molar-refractivity contribution in [1.82, 2.24) is 60.6 Å². The molecule has 2 aliphatic heterocycles. The monoisotopic (exact) mass is 967 g/mol. The Balaban J connectivity index is 0.968. The average Bonchev–Trinajstić information content (AvgIpc) is 4.23. The van der Waals surface area contributed by atoms with Crippen LogP contribution in [0, 0.1) is 0 Å². The predicted octanol–water partition coefficient (Wildman–Crippen LogP) is 3.68. The summed E-state index contributed by atoms with van der Waals surface area (Å²) in [4.78, 5) is 58.9. The molecule has 4 N–H and O–H groups in total. The van der Waals surface area contributed by atoms with Crippen LogP contribution in [0.1, 0.15) is 102 Å². The van der Waals surface area contributed by atoms with Crippen molar-refractivity contribution in [2.45, 2.75) is 166 Å². The largest absolute Gasteiger partial charge is 0.376 e. The van der Waals surface area contributed by atoms with Gasteiger partial charge in [0.1, 0.15) is 36.4 Å². The summed E-state index contributed by atoms with van der Waals surface area (Å²) in [5.41, 5.74) is 2.46. The van der Waals surface area contributed by atoms with Gasteiger partial charge in [0.15, 0.2) is 0 Å². The summed E-state index contributed by atoms with van der Waals surface area (Å²) in [7, 11) is 3.43. The quantitative estimate of drug-likeness (QED) is 0.0577. The summed E-state index contributed by atoms with van der Waals surface area (Å²) in [5.74, 6) is 0.937. The zero-order valence-electron chi connectivity index (χ0n) is 42.3. The predicted molar refractivity (Wildman–Crippen MR) is 267 cm³/mol. The summed E-state index contributed by atoms with van der Waals surface area (Å²) in [6.07, 6.45) is 12.2. The summed E-state index contributed by atoms with van der Waals surface area (Å²) < 4.78 is 16.7. The standard InChI is InChI=1S/C52H78N12O6/c1-37(53-5)49(65)57-47(51(67)63-29-17-23-43(63)33-61-35-55-59-45(61)27-25-41-19-11-9-12-20-41)39(3)69-31-15-7-8-16-32-70-40(4)48(58-50(66)38(2)54-6)52(68)64-30-18-24-44(64)34-62-36-56-60-46(62)28-26-42-21-13-10-14-22-42/h9-14,19-22,35-40,43-44,47-48,53-54H,7-8,15-18,23-34H2,1-6H3,(H,57,65)(H,58,66)/t37-,38-,39+,40+,43-,44-,47-,48-/m0/s1. The SMILES string of the molecule is CN[C@@H](C)C(=O)N[C@H](C(=O)N1CCC[C@H]1Cn1cnnc1CCc1ccccc1)[C@@H](C)OCCCCCCO[C@H](C)[C@H](NC(=O)[C@H](C)NC)C(=O)N1CCC[C@H]1Cn1cnnc1CCc1ccccc1. The molecule has 2 saturated heterocycles. The highest BCUT2D eigenvalue weighted by Gasteiger charge is 2.39. The summed E-state index contributed by atoms with van der Waals surface area (Å²) in [5, 5.41) is 29.2. The van der Waals surface area contributed by atoms with E-state index in [1.165, 1.54) is 11.1 Å². The number of carbonyl (C=O) groups is 4. The molecule has 18 heteroatoms. The van der Waals surface area contributed by atoms with E-state index in [9.17, 15) is 19.2 Å². The Morgan fingerprint density at radius 2 is 0.986 bits per heavy atom. The van der Waals surface area contributed by atoms with Gasteiger partial charge in [-0.05, 0) is 104 Å². The first-order valence-electron chi connectivity index (χ1n) is 25.6. The highest BCUT2D eigenvalue weighted by molar-refractivity contribution is 5.91. The van der Waals surface area contributed by atoms with E-state index in [-0.39, 0.29) is 35.7 Å². The Labute approximate surface area is 414 Å². The molecule has 70 heavy (non-hydrogen) atoms. The lowest BCUT2D eigenvalue weighted by Gasteiger charge is -2.33. The van der Waals surface area contributed by atoms with Crippen molar-refractivity contribution in [1.29, 1.82) is 0 Å². The molecule has 0 unspecified atom stereocenters. The molecule has 4 heterocycles. The number of unbranched alkanes of at least 4 members (excludes halogenated alkanes) is 3. The van der Waals surface area contributed by atoms with Gasteiger partial charge in [0.05, 0.1) is 24.3 Å². The fourth-order valence-corrected chi connectivity index (χ4v) is 9.36. The number of rotatable bonds is 29. The van der Waals surface area contributed by atoms with E-state index in [1.807, 2.05) is 60.0 Å². The fourth-order valence-electron chi connectivity index (χ4n) is 9.36. The minimum absolute atomic E-state index is 0.0642. The van der Waals surface area contributed by atoms with Crippen molar-refractivity contribution < 1.29 is 28.7 Å². The van der Waals surface area contributed by atoms with Crippen molar-refractivity contribution in [3.8, 4) is 0 Å². The maximum absolute atomic E-state index is 14.4. The van der Waals surface area contributed by atoms with Crippen LogP contribution in [0.4, 0.5) is 0 Å². The van der Waals surface area contributed by atoms with E-state index in [2.05, 4.69) is 75.1 Å². The lowest BCUT2D eigenvalue weighted by Crippen LogP contribution is -2.58. The Hall–Kier alpha value is -5.56. The molecule has 0 radical (unpaired) electrons. The van der Waals surface area contributed by atoms with E-state index in [0.29, 0.717) is 39.4 Å². The minimum Gasteiger partial charge on any atom is -0.376 e. The second-order valence-electron chi connectivity index (χ2n) is 19.0. The number of likely N-dealkylation sites (tertiary alicyclic amines) is 2. The van der Waals surface area contributed by atoms with Gasteiger partial charge in [-0.2, -0.15) is 0 Å². The Morgan fingerprint density at radius 1 is 0.586 bits per heavy atom. The number of hydrogen-bond donors (Lipinski definition) is 4. The second-order valence-corrected chi connectivity index (χ2v) is 19.0. The molecule has 2 fully saturated rings. The minimum atomic E-state index is -0.856. The Morgan fingerprint density at radius 3 is 1.37 bits per heavy atom. The number of nitrogens with one attached hydrogen (secondary N) is 4. The number of hydrogen-bond acceptors (Lipinski definition) is 12. The lowest BCUT2D eigenvalue weighted by molar-refractivity contribution is -0.142. The highest BCUT2D eigenvalue weighted by atomic mass is 16.5. The molecule has 2 aromatic heterocycles. The molecule has 4 amide bonds. The van der Waals surface area contributed by atoms with Gasteiger partial charge in [0.25, 0.3) is 0 Å². The number of likely N-dealkylation sites (N-methyl/N-ethyl adjacent to an activating group) is 2. The van der Waals surface area contributed by atoms with Crippen LogP contribution < -0.4 is 21.3 Å². The molecule has 6 rings (SSSR count). The van der Waals surface area contributed by atoms with E-state index in [0.717, 1.165) is 88.7 Å². The number of benzene rings is 2. The van der Waals surface area contributed by atoms with E-state index in [4.69, 9.17) is 9.47 Å². The highest BCUT2D eigenvalue weighted by Crippen LogP contribution is 2.24. The van der Waals surface area contributed by atoms with E-state index >= 15 is 0 Å². The maximum atomic E-state index is 14.4. The third-order valence-corrected chi connectivity index (χ3v) is 14.0. The molecular weight excluding hydrogens is 889 g/mol. The lowest BCUT2D eigenvalue weighted by atomic mass is 10.1. The van der Waals surface area contributed by atoms with Crippen LogP contribution in [0.5, 0.6) is 0 Å². The third-order valence-electron chi connectivity index (χ3n) is 14.0. The van der Waals surface area contributed by atoms with Gasteiger partial charge in [-0.15, -0.1) is 20.4 Å². The van der Waals surface area contributed by atoms with Crippen LogP contribution in [-0.2, 0) is 67.4 Å². The van der Waals surface area contributed by atoms with Crippen molar-refractivity contribution >= 4 is 23.6 Å². The molecule has 0 spiro atoms. The number of aryl methyl sites for hydroxylation is 4. The number of nitrogens with zero attached hydrogens (tertiary/aromatic N) is 8. The van der Waals surface area contributed by atoms with Crippen LogP contribution >= 0.6 is 0 Å². The van der Waals surface area contributed by atoms with Crippen molar-refractivity contribution in [3.63, 3.8) is 0 Å². The summed E-state index contributed by atoms with van der Waals surface area (Å²) in [6.45, 7) is 10.4. The molecule has 0 saturated carbocycles. The maximum Gasteiger partial charge on any atom is 0.248 e. The van der Waals surface area contributed by atoms with Crippen molar-refractivity contribution in [2.75, 3.05) is 40.4 Å². The molecule has 382 valence electrons. The second kappa shape index (κ2) is 27.7. The molecule has 18 nitrogen and oxygen atoms in total. The summed E-state index contributed by atoms with van der Waals surface area (Å²) >= 11 is 0. The topological polar surface area (TPSA) is 203 Å². The number of ether oxygens (including phenoxy) is 2. The van der Waals surface area contributed by atoms with Crippen molar-refractivity contribution in [2.24, 2.45) is 0 Å². The van der Waals surface area contributed by atoms with Gasteiger partial charge in [0.2, 0.25) is 23.6 Å². The first kappa shape index (κ1) is 53.8. The molecule has 2 aromatic carbocycles. The van der Waals surface area contributed by atoms with Crippen LogP contribution in [0.15, 0.2) is 73.3 Å². The number of aromatic nitrogens is 6. The normalized spacial score (nSPS) is 18.5. The molecule has 8 atom stereocenters. The van der Waals surface area contributed by atoms with Gasteiger partial charge in [0, 0.05) is 64.3 Å². The summed E-state index contributed by atoms with van der Waals surface area (Å²) in [6, 6.07) is 17.8. The van der Waals surface area contributed by atoms with E-state index in [1.54, 1.807) is 40.6 Å². The molecule has 4 aromatic rings. The van der Waals surface area contributed by atoms with Crippen LogP contribution in [0.2, 0.25) is 0 Å². The zero-order chi connectivity index (χ0) is 49.8. The first-order chi connectivity index (χ1) is 34.0. The van der Waals surface area contributed by atoms with E-state index < -0.39 is 36.4 Å². The molecule has 2 aliphatic rings. The first-order valence-corrected chi connectivity index (χ1v) is 25.6. The van der Waals surface area contributed by atoms with Gasteiger partial charge in [-0.25, -0.2) is 0 Å². The number of carbonyl (C=O) groups excluding carboxylic acids is 4. The Kier molecular flexibility index (Phi) is 21.3. The average molecular weight is 967 g/mol. The Bertz CT molecular complexity index is 2050. The van der Waals surface area contributed by atoms with Gasteiger partial charge >= 0.3 is 0 Å². The van der Waals surface area contributed by atoms with Crippen LogP contribution in [0.25, 0.3) is 0 Å². The van der Waals surface area contributed by atoms with Gasteiger partial charge in [-0.3, -0.25) is 19.2 Å². The zero-order valence-corrected chi connectivity index (χ0v) is 42.3. The smallest absolute Gasteiger partial charge is 0.248 e. The number of amides is 4. The molecule has 0 aliphatic carbocycles. The third kappa shape index (κ3) is 15.5. The molecular formula is C52H78N12O6. The van der Waals surface area contributed by atoms with Gasteiger partial charge < -0.3 is 49.7 Å². The molecule has 0 bridgehead atoms. The van der Waals surface area contributed by atoms with Gasteiger partial charge in [-0.1, -0.05) is 73.5 Å². The van der Waals surface area contributed by atoms with Crippen molar-refractivity contribution in [3.05, 3.63) is 96.1 Å².